The lowest BCUT2D eigenvalue weighted by molar-refractivity contribution is -0.126. The average Bonchev–Trinajstić information content (AvgIpc) is 3.04. The highest BCUT2D eigenvalue weighted by Gasteiger charge is 2.30. The second kappa shape index (κ2) is 14.3. The van der Waals surface area contributed by atoms with Gasteiger partial charge in [-0.3, -0.25) is 4.79 Å². The van der Waals surface area contributed by atoms with Crippen molar-refractivity contribution in [1.29, 1.82) is 0 Å². The fourth-order valence-electron chi connectivity index (χ4n) is 6.00. The van der Waals surface area contributed by atoms with Crippen molar-refractivity contribution in [3.05, 3.63) is 88.4 Å². The highest BCUT2D eigenvalue weighted by atomic mass is 19.1. The first kappa shape index (κ1) is 34.2. The number of urea groups is 1. The lowest BCUT2D eigenvalue weighted by Crippen LogP contribution is -2.54. The summed E-state index contributed by atoms with van der Waals surface area (Å²) in [6.45, 7) is 12.9. The molecule has 2 aromatic carbocycles. The number of carbonyl (C=O) groups is 2. The predicted octanol–water partition coefficient (Wildman–Crippen LogP) is 5.15. The number of hydrogen-bond acceptors (Lipinski definition) is 7. The van der Waals surface area contributed by atoms with Gasteiger partial charge in [-0.1, -0.05) is 38.6 Å². The molecule has 0 radical (unpaired) electrons. The molecule has 0 spiro atoms. The number of nitrogens with zero attached hydrogens (tertiary/aromatic N) is 5. The average molecular weight is 660 g/mol. The third-order valence-corrected chi connectivity index (χ3v) is 8.38. The zero-order valence-corrected chi connectivity index (χ0v) is 27.6. The molecule has 3 heterocycles. The van der Waals surface area contributed by atoms with Gasteiger partial charge in [0.05, 0.1) is 17.7 Å². The van der Waals surface area contributed by atoms with Crippen molar-refractivity contribution in [3.63, 3.8) is 0 Å². The van der Waals surface area contributed by atoms with Crippen molar-refractivity contribution in [2.24, 2.45) is 0 Å². The molecule has 1 atom stereocenters. The van der Waals surface area contributed by atoms with Gasteiger partial charge in [0.25, 0.3) is 0 Å². The van der Waals surface area contributed by atoms with Crippen LogP contribution in [0.4, 0.5) is 25.1 Å². The van der Waals surface area contributed by atoms with Crippen LogP contribution >= 0.6 is 0 Å². The number of rotatable bonds is 9. The van der Waals surface area contributed by atoms with Crippen LogP contribution < -0.4 is 21.2 Å². The first-order chi connectivity index (χ1) is 22.9. The molecule has 1 unspecified atom stereocenters. The van der Waals surface area contributed by atoms with Crippen LogP contribution in [0, 0.1) is 18.6 Å². The second-order valence-electron chi connectivity index (χ2n) is 12.0. The van der Waals surface area contributed by atoms with Crippen molar-refractivity contribution in [2.45, 2.75) is 39.7 Å². The molecule has 1 aliphatic rings. The molecular weight excluding hydrogens is 620 g/mol. The molecule has 48 heavy (non-hydrogen) atoms. The van der Waals surface area contributed by atoms with Gasteiger partial charge in [0.15, 0.2) is 5.65 Å². The van der Waals surface area contributed by atoms with Gasteiger partial charge in [0, 0.05) is 50.6 Å². The number of carbonyl (C=O) groups excluding carboxylic acids is 2. The highest BCUT2D eigenvalue weighted by molar-refractivity contribution is 5.92. The number of benzene rings is 2. The van der Waals surface area contributed by atoms with Crippen LogP contribution in [-0.4, -0.2) is 77.3 Å². The molecule has 4 aromatic rings. The van der Waals surface area contributed by atoms with Crippen LogP contribution in [0.2, 0.25) is 0 Å². The third-order valence-electron chi connectivity index (χ3n) is 8.38. The molecule has 1 aliphatic heterocycles. The maximum atomic E-state index is 16.1. The minimum Gasteiger partial charge on any atom is -0.383 e. The van der Waals surface area contributed by atoms with E-state index in [4.69, 9.17) is 4.74 Å². The number of amides is 3. The van der Waals surface area contributed by atoms with E-state index in [9.17, 15) is 14.4 Å². The number of hydrogen-bond donors (Lipinski definition) is 2. The van der Waals surface area contributed by atoms with Gasteiger partial charge in [-0.15, -0.1) is 0 Å². The summed E-state index contributed by atoms with van der Waals surface area (Å²) in [4.78, 5) is 51.2. The summed E-state index contributed by atoms with van der Waals surface area (Å²) in [6, 6.07) is 9.92. The monoisotopic (exact) mass is 659 g/mol. The third kappa shape index (κ3) is 6.77. The van der Waals surface area contributed by atoms with E-state index in [1.54, 1.807) is 4.90 Å². The number of halogens is 2. The van der Waals surface area contributed by atoms with Crippen LogP contribution in [-0.2, 0) is 9.53 Å². The molecule has 0 bridgehead atoms. The van der Waals surface area contributed by atoms with Crippen molar-refractivity contribution < 1.29 is 23.1 Å². The SMILES string of the molecule is C=CC(=O)N1CCN(c2nc(=O)n(-c3c(C)cccc3C(C)C)c3nc(-c4ccc(NC(=O)NCCOC)cc4F)c(F)cc23)C(C)C1. The van der Waals surface area contributed by atoms with Crippen molar-refractivity contribution >= 4 is 34.5 Å². The molecule has 3 amide bonds. The summed E-state index contributed by atoms with van der Waals surface area (Å²) < 4.78 is 38.0. The molecule has 2 aromatic heterocycles. The maximum absolute atomic E-state index is 16.1. The Kier molecular flexibility index (Phi) is 10.2. The number of aryl methyl sites for hydroxylation is 1. The maximum Gasteiger partial charge on any atom is 0.355 e. The summed E-state index contributed by atoms with van der Waals surface area (Å²) >= 11 is 0. The molecular formula is C35H39F2N7O4. The molecule has 5 rings (SSSR count). The zero-order valence-electron chi connectivity index (χ0n) is 27.6. The van der Waals surface area contributed by atoms with Crippen molar-refractivity contribution in [1.82, 2.24) is 24.8 Å². The number of para-hydroxylation sites is 1. The topological polar surface area (TPSA) is 122 Å². The van der Waals surface area contributed by atoms with E-state index in [1.165, 1.54) is 36.0 Å². The lowest BCUT2D eigenvalue weighted by atomic mass is 9.98. The van der Waals surface area contributed by atoms with Crippen molar-refractivity contribution in [2.75, 3.05) is 50.1 Å². The number of methoxy groups -OCH3 is 1. The predicted molar refractivity (Wildman–Crippen MR) is 182 cm³/mol. The summed E-state index contributed by atoms with van der Waals surface area (Å²) in [6.07, 6.45) is 1.26. The van der Waals surface area contributed by atoms with Crippen LogP contribution in [0.15, 0.2) is 59.9 Å². The zero-order chi connectivity index (χ0) is 34.7. The molecule has 1 saturated heterocycles. The Labute approximate surface area is 277 Å². The first-order valence-electron chi connectivity index (χ1n) is 15.7. The van der Waals surface area contributed by atoms with Gasteiger partial charge >= 0.3 is 11.7 Å². The molecule has 13 heteroatoms. The number of anilines is 2. The van der Waals surface area contributed by atoms with Crippen LogP contribution in [0.1, 0.15) is 37.8 Å². The fourth-order valence-corrected chi connectivity index (χ4v) is 6.00. The van der Waals surface area contributed by atoms with E-state index in [0.717, 1.165) is 17.2 Å². The van der Waals surface area contributed by atoms with Gasteiger partial charge in [-0.25, -0.2) is 27.9 Å². The largest absolute Gasteiger partial charge is 0.383 e. The molecule has 2 N–H and O–H groups in total. The Morgan fingerprint density at radius 3 is 2.56 bits per heavy atom. The molecule has 0 aliphatic carbocycles. The first-order valence-corrected chi connectivity index (χ1v) is 15.7. The molecule has 1 fully saturated rings. The number of aromatic nitrogens is 3. The summed E-state index contributed by atoms with van der Waals surface area (Å²) in [5.41, 5.74) is 1.37. The van der Waals surface area contributed by atoms with E-state index in [2.05, 4.69) is 27.2 Å². The van der Waals surface area contributed by atoms with E-state index in [0.29, 0.717) is 31.9 Å². The van der Waals surface area contributed by atoms with E-state index in [1.807, 2.05) is 50.8 Å². The highest BCUT2D eigenvalue weighted by Crippen LogP contribution is 2.35. The van der Waals surface area contributed by atoms with Gasteiger partial charge in [-0.05, 0) is 61.2 Å². The second-order valence-corrected chi connectivity index (χ2v) is 12.0. The van der Waals surface area contributed by atoms with E-state index >= 15 is 8.78 Å². The fraction of sp³-hybridized carbons (Fsp3) is 0.343. The Hall–Kier alpha value is -5.17. The summed E-state index contributed by atoms with van der Waals surface area (Å²) in [7, 11) is 1.50. The number of ether oxygens (including phenoxy) is 1. The molecule has 0 saturated carbocycles. The normalized spacial score (nSPS) is 14.8. The van der Waals surface area contributed by atoms with Crippen LogP contribution in [0.25, 0.3) is 28.0 Å². The van der Waals surface area contributed by atoms with Crippen LogP contribution in [0.5, 0.6) is 0 Å². The van der Waals surface area contributed by atoms with Crippen molar-refractivity contribution in [3.8, 4) is 16.9 Å². The molecule has 11 nitrogen and oxygen atoms in total. The Morgan fingerprint density at radius 2 is 1.90 bits per heavy atom. The summed E-state index contributed by atoms with van der Waals surface area (Å²) in [5.74, 6) is -1.62. The number of pyridine rings is 1. The van der Waals surface area contributed by atoms with Gasteiger partial charge < -0.3 is 25.2 Å². The summed E-state index contributed by atoms with van der Waals surface area (Å²) in [5, 5.41) is 5.38. The quantitative estimate of drug-likeness (QED) is 0.188. The van der Waals surface area contributed by atoms with Gasteiger partial charge in [-0.2, -0.15) is 4.98 Å². The Bertz CT molecular complexity index is 1940. The minimum atomic E-state index is -0.825. The Morgan fingerprint density at radius 1 is 1.12 bits per heavy atom. The van der Waals surface area contributed by atoms with E-state index in [-0.39, 0.29) is 58.2 Å². The minimum absolute atomic E-state index is 0.0149. The van der Waals surface area contributed by atoms with Crippen LogP contribution in [0.3, 0.4) is 0 Å². The van der Waals surface area contributed by atoms with E-state index < -0.39 is 23.4 Å². The standard InChI is InChI=1S/C35H39F2N7O4/c1-7-29(45)42-14-15-43(22(5)19-42)32-26-18-28(37)30(25-12-11-23(17-27(25)36)39-34(46)38-13-16-48-6)40-33(26)44(35(47)41-32)31-21(4)9-8-10-24(31)20(2)3/h7-12,17-18,20,22H,1,13-16,19H2,2-6H3,(H2,38,39,46). The lowest BCUT2D eigenvalue weighted by Gasteiger charge is -2.40. The number of nitrogens with one attached hydrogen (secondary N) is 2. The smallest absolute Gasteiger partial charge is 0.355 e. The molecule has 252 valence electrons. The Balaban J connectivity index is 1.68. The van der Waals surface area contributed by atoms with Gasteiger partial charge in [0.1, 0.15) is 23.1 Å². The van der Waals surface area contributed by atoms with Gasteiger partial charge in [0.2, 0.25) is 5.91 Å². The number of piperazine rings is 1. The number of fused-ring (bicyclic) bond motifs is 1.